The summed E-state index contributed by atoms with van der Waals surface area (Å²) in [7, 11) is 0. The number of hydrogen-bond donors (Lipinski definition) is 2. The number of aromatic nitrogens is 2. The van der Waals surface area contributed by atoms with Gasteiger partial charge in [0, 0.05) is 48.9 Å². The predicted octanol–water partition coefficient (Wildman–Crippen LogP) is 5.20. The number of anilines is 2. The van der Waals surface area contributed by atoms with Crippen LogP contribution in [0.15, 0.2) is 48.9 Å². The van der Waals surface area contributed by atoms with Crippen molar-refractivity contribution < 1.29 is 13.9 Å². The number of carbonyl (C=O) groups is 1. The van der Waals surface area contributed by atoms with Gasteiger partial charge in [-0.25, -0.2) is 14.4 Å². The van der Waals surface area contributed by atoms with Crippen LogP contribution < -0.4 is 20.7 Å². The smallest absolute Gasteiger partial charge is 0.228 e. The maximum absolute atomic E-state index is 14.3. The summed E-state index contributed by atoms with van der Waals surface area (Å²) in [5.41, 5.74) is 10.8. The van der Waals surface area contributed by atoms with Crippen molar-refractivity contribution in [2.24, 2.45) is 17.1 Å². The highest BCUT2D eigenvalue weighted by molar-refractivity contribution is 5.99. The lowest BCUT2D eigenvalue weighted by Gasteiger charge is -2.26. The number of nitrogens with zero attached hydrogens (tertiary/aromatic N) is 4. The molecule has 1 amide bonds. The van der Waals surface area contributed by atoms with E-state index in [4.69, 9.17) is 10.5 Å². The molecule has 3 N–H and O–H groups in total. The molecule has 1 saturated carbocycles. The molecule has 3 aromatic rings. The van der Waals surface area contributed by atoms with Crippen LogP contribution in [-0.2, 0) is 17.8 Å². The fraction of sp³-hybridized carbons (Fsp3) is 0.469. The maximum Gasteiger partial charge on any atom is 0.228 e. The Bertz CT molecular complexity index is 1460. The molecule has 9 heteroatoms. The first-order valence-corrected chi connectivity index (χ1v) is 14.9. The average molecular weight is 557 g/mol. The fourth-order valence-electron chi connectivity index (χ4n) is 7.41. The van der Waals surface area contributed by atoms with Crippen molar-refractivity contribution in [1.29, 1.82) is 0 Å². The zero-order valence-corrected chi connectivity index (χ0v) is 23.3. The summed E-state index contributed by atoms with van der Waals surface area (Å²) < 4.78 is 20.7. The molecule has 4 heterocycles. The topological polar surface area (TPSA) is 96.6 Å². The molecular weight excluding hydrogens is 519 g/mol. The molecule has 2 aromatic carbocycles. The van der Waals surface area contributed by atoms with Gasteiger partial charge in [0.25, 0.3) is 0 Å². The lowest BCUT2D eigenvalue weighted by atomic mass is 9.86. The molecule has 0 bridgehead atoms. The SMILES string of the molecule is NC(c1cc(F)ccc1Oc1cncnc1N1CCC2(CCN(Cc3ccc4c(c3)NC(=O)C4)C2)C1)C1CCCC1. The van der Waals surface area contributed by atoms with E-state index in [1.165, 1.54) is 30.5 Å². The van der Waals surface area contributed by atoms with Crippen molar-refractivity contribution in [1.82, 2.24) is 14.9 Å². The number of halogens is 1. The summed E-state index contributed by atoms with van der Waals surface area (Å²) in [6, 6.07) is 10.7. The second-order valence-electron chi connectivity index (χ2n) is 12.4. The molecule has 0 radical (unpaired) electrons. The normalized spacial score (nSPS) is 23.4. The average Bonchev–Trinajstić information content (AvgIpc) is 3.78. The molecule has 7 rings (SSSR count). The second kappa shape index (κ2) is 10.7. The van der Waals surface area contributed by atoms with Gasteiger partial charge in [-0.1, -0.05) is 25.0 Å². The molecule has 4 aliphatic rings. The number of nitrogens with one attached hydrogen (secondary N) is 1. The Morgan fingerprint density at radius 1 is 1.10 bits per heavy atom. The lowest BCUT2D eigenvalue weighted by Crippen LogP contribution is -2.31. The van der Waals surface area contributed by atoms with Crippen LogP contribution in [0.5, 0.6) is 11.5 Å². The molecule has 8 nitrogen and oxygen atoms in total. The van der Waals surface area contributed by atoms with E-state index < -0.39 is 0 Å². The zero-order valence-electron chi connectivity index (χ0n) is 23.3. The number of fused-ring (bicyclic) bond motifs is 1. The number of carbonyl (C=O) groups excluding carboxylic acids is 1. The van der Waals surface area contributed by atoms with E-state index in [0.717, 1.165) is 75.5 Å². The van der Waals surface area contributed by atoms with Gasteiger partial charge in [-0.05, 0) is 73.5 Å². The molecule has 41 heavy (non-hydrogen) atoms. The van der Waals surface area contributed by atoms with Crippen LogP contribution in [-0.4, -0.2) is 47.0 Å². The van der Waals surface area contributed by atoms with Gasteiger partial charge in [0.15, 0.2) is 11.6 Å². The Balaban J connectivity index is 1.05. The maximum atomic E-state index is 14.3. The Morgan fingerprint density at radius 2 is 1.95 bits per heavy atom. The van der Waals surface area contributed by atoms with Gasteiger partial charge in [-0.2, -0.15) is 0 Å². The van der Waals surface area contributed by atoms with Crippen molar-refractivity contribution in [3.05, 3.63) is 71.4 Å². The Kier molecular flexibility index (Phi) is 6.87. The number of ether oxygens (including phenoxy) is 1. The molecule has 1 aliphatic carbocycles. The molecule has 1 spiro atoms. The summed E-state index contributed by atoms with van der Waals surface area (Å²) >= 11 is 0. The van der Waals surface area contributed by atoms with Gasteiger partial charge in [0.2, 0.25) is 5.91 Å². The molecule has 2 atom stereocenters. The van der Waals surface area contributed by atoms with Crippen molar-refractivity contribution in [3.63, 3.8) is 0 Å². The van der Waals surface area contributed by atoms with E-state index in [-0.39, 0.29) is 23.2 Å². The molecule has 3 aliphatic heterocycles. The summed E-state index contributed by atoms with van der Waals surface area (Å²) in [6.45, 7) is 4.73. The third-order valence-electron chi connectivity index (χ3n) is 9.58. The number of amides is 1. The third-order valence-corrected chi connectivity index (χ3v) is 9.58. The highest BCUT2D eigenvalue weighted by atomic mass is 19.1. The van der Waals surface area contributed by atoms with Gasteiger partial charge in [0.05, 0.1) is 12.6 Å². The Hall–Kier alpha value is -3.56. The van der Waals surface area contributed by atoms with Gasteiger partial charge in [0.1, 0.15) is 17.9 Å². The molecule has 214 valence electrons. The third kappa shape index (κ3) is 5.28. The van der Waals surface area contributed by atoms with E-state index in [1.54, 1.807) is 18.6 Å². The summed E-state index contributed by atoms with van der Waals surface area (Å²) in [6.07, 6.45) is 10.4. The number of rotatable bonds is 7. The van der Waals surface area contributed by atoms with Crippen LogP contribution in [0, 0.1) is 17.2 Å². The first-order valence-electron chi connectivity index (χ1n) is 14.9. The second-order valence-corrected chi connectivity index (χ2v) is 12.4. The molecule has 3 fully saturated rings. The van der Waals surface area contributed by atoms with Crippen LogP contribution in [0.25, 0.3) is 0 Å². The van der Waals surface area contributed by atoms with Crippen LogP contribution in [0.4, 0.5) is 15.9 Å². The Labute approximate surface area is 240 Å². The minimum atomic E-state index is -0.303. The largest absolute Gasteiger partial charge is 0.451 e. The first kappa shape index (κ1) is 26.3. The number of hydrogen-bond acceptors (Lipinski definition) is 7. The summed E-state index contributed by atoms with van der Waals surface area (Å²) in [5.74, 6) is 2.03. The van der Waals surface area contributed by atoms with E-state index in [2.05, 4.69) is 43.3 Å². The van der Waals surface area contributed by atoms with Gasteiger partial charge in [-0.3, -0.25) is 9.69 Å². The zero-order chi connectivity index (χ0) is 28.0. The minimum Gasteiger partial charge on any atom is -0.451 e. The van der Waals surface area contributed by atoms with E-state index in [0.29, 0.717) is 29.4 Å². The van der Waals surface area contributed by atoms with Crippen LogP contribution in [0.3, 0.4) is 0 Å². The van der Waals surface area contributed by atoms with E-state index >= 15 is 0 Å². The van der Waals surface area contributed by atoms with Crippen molar-refractivity contribution >= 4 is 17.4 Å². The minimum absolute atomic E-state index is 0.0729. The summed E-state index contributed by atoms with van der Waals surface area (Å²) in [5, 5.41) is 2.97. The van der Waals surface area contributed by atoms with E-state index in [1.807, 2.05) is 0 Å². The fourth-order valence-corrected chi connectivity index (χ4v) is 7.41. The summed E-state index contributed by atoms with van der Waals surface area (Å²) in [4.78, 5) is 25.5. The van der Waals surface area contributed by atoms with Crippen molar-refractivity contribution in [2.75, 3.05) is 36.4 Å². The van der Waals surface area contributed by atoms with Gasteiger partial charge < -0.3 is 20.7 Å². The van der Waals surface area contributed by atoms with Crippen LogP contribution in [0.2, 0.25) is 0 Å². The number of likely N-dealkylation sites (tertiary alicyclic amines) is 1. The molecule has 2 unspecified atom stereocenters. The van der Waals surface area contributed by atoms with Gasteiger partial charge >= 0.3 is 0 Å². The Morgan fingerprint density at radius 3 is 2.83 bits per heavy atom. The lowest BCUT2D eigenvalue weighted by molar-refractivity contribution is -0.115. The highest BCUT2D eigenvalue weighted by Gasteiger charge is 2.44. The first-order chi connectivity index (χ1) is 19.9. The molecule has 2 saturated heterocycles. The van der Waals surface area contributed by atoms with Crippen molar-refractivity contribution in [3.8, 4) is 11.5 Å². The van der Waals surface area contributed by atoms with Crippen LogP contribution >= 0.6 is 0 Å². The standard InChI is InChI=1S/C32H37FN6O2/c33-24-7-8-27(25(15-24)30(34)22-3-1-2-4-22)41-28-16-35-20-36-31(28)39-12-10-32(19-39)9-11-38(18-32)17-21-5-6-23-14-29(40)37-26(23)13-21/h5-8,13,15-16,20,22,30H,1-4,9-12,14,17-19,34H2,(H,37,40). The molecule has 1 aromatic heterocycles. The quantitative estimate of drug-likeness (QED) is 0.413. The highest BCUT2D eigenvalue weighted by Crippen LogP contribution is 2.44. The predicted molar refractivity (Wildman–Crippen MR) is 155 cm³/mol. The molecular formula is C32H37FN6O2. The van der Waals surface area contributed by atoms with E-state index in [9.17, 15) is 9.18 Å². The monoisotopic (exact) mass is 556 g/mol. The van der Waals surface area contributed by atoms with Gasteiger partial charge in [-0.15, -0.1) is 0 Å². The number of nitrogens with two attached hydrogens (primary N) is 1. The number of benzene rings is 2. The van der Waals surface area contributed by atoms with Crippen molar-refractivity contribution in [2.45, 2.75) is 57.5 Å². The van der Waals surface area contributed by atoms with Crippen LogP contribution in [0.1, 0.15) is 61.3 Å².